The van der Waals surface area contributed by atoms with Crippen LogP contribution in [0.3, 0.4) is 0 Å². The molecule has 1 aromatic carbocycles. The third-order valence-corrected chi connectivity index (χ3v) is 3.02. The highest BCUT2D eigenvalue weighted by molar-refractivity contribution is 7.71. The molecule has 0 aliphatic carbocycles. The van der Waals surface area contributed by atoms with E-state index in [-0.39, 0.29) is 5.82 Å². The molecule has 1 N–H and O–H groups in total. The first-order valence-electron chi connectivity index (χ1n) is 6.12. The second kappa shape index (κ2) is 5.76. The van der Waals surface area contributed by atoms with E-state index in [2.05, 4.69) is 20.3 Å². The van der Waals surface area contributed by atoms with Crippen LogP contribution in [0, 0.1) is 10.6 Å². The predicted molar refractivity (Wildman–Crippen MR) is 80.0 cm³/mol. The number of aromatic amines is 1. The van der Waals surface area contributed by atoms with E-state index >= 15 is 0 Å². The maximum atomic E-state index is 13.1. The molecule has 21 heavy (non-hydrogen) atoms. The number of hydrogen-bond donors (Lipinski definition) is 1. The lowest BCUT2D eigenvalue weighted by molar-refractivity contribution is 0.627. The Labute approximate surface area is 124 Å². The summed E-state index contributed by atoms with van der Waals surface area (Å²) in [6.45, 7) is 0. The topological polar surface area (TPSA) is 58.9 Å². The van der Waals surface area contributed by atoms with E-state index in [1.54, 1.807) is 36.7 Å². The zero-order valence-electron chi connectivity index (χ0n) is 10.8. The van der Waals surface area contributed by atoms with Crippen molar-refractivity contribution in [2.24, 2.45) is 5.10 Å². The van der Waals surface area contributed by atoms with E-state index in [0.717, 1.165) is 5.56 Å². The molecule has 0 fully saturated rings. The van der Waals surface area contributed by atoms with Gasteiger partial charge in [0, 0.05) is 18.0 Å². The van der Waals surface area contributed by atoms with Crippen LogP contribution in [0.1, 0.15) is 5.56 Å². The Morgan fingerprint density at radius 1 is 1.24 bits per heavy atom. The van der Waals surface area contributed by atoms with E-state index in [1.165, 1.54) is 23.0 Å². The lowest BCUT2D eigenvalue weighted by Gasteiger charge is -2.00. The van der Waals surface area contributed by atoms with Crippen LogP contribution in [0.15, 0.2) is 53.9 Å². The lowest BCUT2D eigenvalue weighted by atomic mass is 10.2. The van der Waals surface area contributed by atoms with Crippen LogP contribution in [0.25, 0.3) is 11.4 Å². The quantitative estimate of drug-likeness (QED) is 0.597. The summed E-state index contributed by atoms with van der Waals surface area (Å²) in [5, 5.41) is 11.1. The number of pyridine rings is 1. The van der Waals surface area contributed by atoms with Gasteiger partial charge < -0.3 is 0 Å². The van der Waals surface area contributed by atoms with Gasteiger partial charge in [0.25, 0.3) is 0 Å². The number of nitrogens with zero attached hydrogens (tertiary/aromatic N) is 4. The van der Waals surface area contributed by atoms with Crippen LogP contribution >= 0.6 is 12.2 Å². The van der Waals surface area contributed by atoms with Crippen molar-refractivity contribution in [1.29, 1.82) is 0 Å². The number of benzene rings is 1. The summed E-state index contributed by atoms with van der Waals surface area (Å²) in [5.41, 5.74) is 1.47. The molecule has 7 heteroatoms. The minimum absolute atomic E-state index is 0.316. The van der Waals surface area contributed by atoms with Gasteiger partial charge in [-0.05, 0) is 42.0 Å². The highest BCUT2D eigenvalue weighted by Crippen LogP contribution is 2.15. The van der Waals surface area contributed by atoms with Crippen molar-refractivity contribution in [3.8, 4) is 11.4 Å². The minimum Gasteiger partial charge on any atom is -0.265 e. The molecule has 0 atom stereocenters. The van der Waals surface area contributed by atoms with Gasteiger partial charge in [-0.2, -0.15) is 14.9 Å². The molecule has 0 spiro atoms. The van der Waals surface area contributed by atoms with Crippen LogP contribution in [0.5, 0.6) is 0 Å². The Hall–Kier alpha value is -2.67. The molecule has 0 unspecified atom stereocenters. The van der Waals surface area contributed by atoms with Crippen molar-refractivity contribution in [3.63, 3.8) is 0 Å². The summed E-state index contributed by atoms with van der Waals surface area (Å²) in [6, 6.07) is 9.75. The largest absolute Gasteiger partial charge is 0.265 e. The van der Waals surface area contributed by atoms with Gasteiger partial charge in [0.2, 0.25) is 4.77 Å². The summed E-state index contributed by atoms with van der Waals surface area (Å²) >= 11 is 5.16. The molecule has 0 aliphatic heterocycles. The highest BCUT2D eigenvalue weighted by atomic mass is 32.1. The number of rotatable bonds is 3. The van der Waals surface area contributed by atoms with Gasteiger partial charge >= 0.3 is 0 Å². The first kappa shape index (κ1) is 13.3. The summed E-state index contributed by atoms with van der Waals surface area (Å²) < 4.78 is 15.0. The molecule has 0 saturated heterocycles. The molecule has 0 bridgehead atoms. The van der Waals surface area contributed by atoms with E-state index in [1.807, 2.05) is 0 Å². The molecule has 2 aromatic heterocycles. The van der Waals surface area contributed by atoms with Gasteiger partial charge in [-0.15, -0.1) is 0 Å². The van der Waals surface area contributed by atoms with E-state index in [0.29, 0.717) is 16.2 Å². The zero-order valence-corrected chi connectivity index (χ0v) is 11.6. The second-order valence-electron chi connectivity index (χ2n) is 4.20. The SMILES string of the molecule is Fc1cccc(C=Nn2c(-c3ccncc3)n[nH]c2=S)c1. The lowest BCUT2D eigenvalue weighted by Crippen LogP contribution is -1.95. The average molecular weight is 299 g/mol. The molecule has 0 radical (unpaired) electrons. The second-order valence-corrected chi connectivity index (χ2v) is 4.59. The fourth-order valence-electron chi connectivity index (χ4n) is 1.80. The van der Waals surface area contributed by atoms with Gasteiger partial charge in [-0.3, -0.25) is 4.98 Å². The van der Waals surface area contributed by atoms with Crippen molar-refractivity contribution < 1.29 is 4.39 Å². The fourth-order valence-corrected chi connectivity index (χ4v) is 1.98. The monoisotopic (exact) mass is 299 g/mol. The molecular formula is C14H10FN5S. The normalized spacial score (nSPS) is 11.1. The van der Waals surface area contributed by atoms with E-state index in [9.17, 15) is 4.39 Å². The first-order valence-corrected chi connectivity index (χ1v) is 6.52. The Bertz CT molecular complexity index is 838. The van der Waals surface area contributed by atoms with Gasteiger partial charge in [0.15, 0.2) is 5.82 Å². The van der Waals surface area contributed by atoms with Crippen LogP contribution < -0.4 is 0 Å². The molecule has 3 rings (SSSR count). The Kier molecular flexibility index (Phi) is 3.65. The van der Waals surface area contributed by atoms with Crippen LogP contribution in [0.2, 0.25) is 0 Å². The molecule has 5 nitrogen and oxygen atoms in total. The number of aromatic nitrogens is 4. The van der Waals surface area contributed by atoms with Gasteiger partial charge in [-0.1, -0.05) is 12.1 Å². The molecule has 0 amide bonds. The van der Waals surface area contributed by atoms with Crippen molar-refractivity contribution >= 4 is 18.4 Å². The summed E-state index contributed by atoms with van der Waals surface area (Å²) in [6.07, 6.45) is 4.85. The van der Waals surface area contributed by atoms with E-state index in [4.69, 9.17) is 12.2 Å². The first-order chi connectivity index (χ1) is 10.2. The van der Waals surface area contributed by atoms with Gasteiger partial charge in [-0.25, -0.2) is 9.49 Å². The third-order valence-electron chi connectivity index (χ3n) is 2.76. The summed E-state index contributed by atoms with van der Waals surface area (Å²) in [4.78, 5) is 3.96. The summed E-state index contributed by atoms with van der Waals surface area (Å²) in [5.74, 6) is 0.249. The maximum Gasteiger partial charge on any atom is 0.216 e. The molecular weight excluding hydrogens is 289 g/mol. The number of hydrogen-bond acceptors (Lipinski definition) is 4. The highest BCUT2D eigenvalue weighted by Gasteiger charge is 2.07. The van der Waals surface area contributed by atoms with Gasteiger partial charge in [0.1, 0.15) is 5.82 Å². The Morgan fingerprint density at radius 2 is 2.05 bits per heavy atom. The minimum atomic E-state index is -0.316. The van der Waals surface area contributed by atoms with Crippen molar-refractivity contribution in [2.75, 3.05) is 0 Å². The van der Waals surface area contributed by atoms with Crippen molar-refractivity contribution in [1.82, 2.24) is 19.9 Å². The molecule has 104 valence electrons. The maximum absolute atomic E-state index is 13.1. The number of H-pyrrole nitrogens is 1. The molecule has 0 aliphatic rings. The van der Waals surface area contributed by atoms with Crippen molar-refractivity contribution in [2.45, 2.75) is 0 Å². The van der Waals surface area contributed by atoms with Crippen LogP contribution in [0.4, 0.5) is 4.39 Å². The predicted octanol–water partition coefficient (Wildman–Crippen LogP) is 3.02. The Morgan fingerprint density at radius 3 is 2.81 bits per heavy atom. The van der Waals surface area contributed by atoms with Crippen molar-refractivity contribution in [3.05, 3.63) is 64.9 Å². The molecule has 2 heterocycles. The molecule has 3 aromatic rings. The number of nitrogens with one attached hydrogen (secondary N) is 1. The van der Waals surface area contributed by atoms with E-state index < -0.39 is 0 Å². The Balaban J connectivity index is 2.00. The summed E-state index contributed by atoms with van der Waals surface area (Å²) in [7, 11) is 0. The third kappa shape index (κ3) is 2.92. The smallest absolute Gasteiger partial charge is 0.216 e. The zero-order chi connectivity index (χ0) is 14.7. The standard InChI is InChI=1S/C14H10FN5S/c15-12-3-1-2-10(8-12)9-17-20-13(18-19-14(20)21)11-4-6-16-7-5-11/h1-9H,(H,19,21). The fraction of sp³-hybridized carbons (Fsp3) is 0. The number of halogens is 1. The van der Waals surface area contributed by atoms with Crippen LogP contribution in [-0.4, -0.2) is 26.1 Å². The van der Waals surface area contributed by atoms with Crippen LogP contribution in [-0.2, 0) is 0 Å². The van der Waals surface area contributed by atoms with Gasteiger partial charge in [0.05, 0.1) is 6.21 Å². The molecule has 0 saturated carbocycles. The average Bonchev–Trinajstić information content (AvgIpc) is 2.87.